The number of rotatable bonds is 6. The van der Waals surface area contributed by atoms with E-state index in [1.165, 1.54) is 17.3 Å². The molecule has 0 aromatic heterocycles. The van der Waals surface area contributed by atoms with Crippen molar-refractivity contribution >= 4 is 21.7 Å². The molecule has 0 bridgehead atoms. The normalized spacial score (nSPS) is 15.2. The van der Waals surface area contributed by atoms with E-state index in [4.69, 9.17) is 5.21 Å². The highest BCUT2D eigenvalue weighted by Gasteiger charge is 2.44. The molecule has 0 saturated heterocycles. The van der Waals surface area contributed by atoms with E-state index in [2.05, 4.69) is 11.8 Å². The van der Waals surface area contributed by atoms with Crippen molar-refractivity contribution in [2.24, 2.45) is 0 Å². The molecule has 0 unspecified atom stereocenters. The summed E-state index contributed by atoms with van der Waals surface area (Å²) >= 11 is 0. The number of carbonyl (C=O) groups excluding carboxylic acids is 2. The first-order valence-corrected chi connectivity index (χ1v) is 12.6. The Kier molecular flexibility index (Phi) is 6.90. The average molecular weight is 485 g/mol. The van der Waals surface area contributed by atoms with Gasteiger partial charge in [0.15, 0.2) is 14.6 Å². The molecule has 2 aromatic carbocycles. The van der Waals surface area contributed by atoms with Crippen LogP contribution in [0.1, 0.15) is 59.8 Å². The highest BCUT2D eigenvalue weighted by atomic mass is 32.2. The van der Waals surface area contributed by atoms with Gasteiger partial charge in [0.25, 0.3) is 11.8 Å². The molecule has 0 aliphatic carbocycles. The third-order valence-electron chi connectivity index (χ3n) is 6.19. The minimum atomic E-state index is -3.85. The highest BCUT2D eigenvalue weighted by molar-refractivity contribution is 7.92. The van der Waals surface area contributed by atoms with Gasteiger partial charge in [0.1, 0.15) is 0 Å². The zero-order valence-corrected chi connectivity index (χ0v) is 20.4. The summed E-state index contributed by atoms with van der Waals surface area (Å²) in [5.41, 5.74) is 4.06. The molecule has 0 saturated carbocycles. The minimum absolute atomic E-state index is 0.0269. The molecule has 9 heteroatoms. The summed E-state index contributed by atoms with van der Waals surface area (Å²) in [7, 11) is -3.85. The van der Waals surface area contributed by atoms with Crippen LogP contribution in [0.2, 0.25) is 0 Å². The molecule has 1 aliphatic rings. The molecule has 0 spiro atoms. The third kappa shape index (κ3) is 5.14. The van der Waals surface area contributed by atoms with Crippen LogP contribution in [0.15, 0.2) is 42.5 Å². The quantitative estimate of drug-likeness (QED) is 0.327. The maximum atomic E-state index is 12.8. The summed E-state index contributed by atoms with van der Waals surface area (Å²) in [6.45, 7) is 4.95. The molecule has 1 atom stereocenters. The second kappa shape index (κ2) is 9.22. The monoisotopic (exact) mass is 484 g/mol. The van der Waals surface area contributed by atoms with Crippen LogP contribution in [-0.2, 0) is 26.8 Å². The second-order valence-electron chi connectivity index (χ2n) is 9.18. The number of fused-ring (bicyclic) bond motifs is 1. The minimum Gasteiger partial charge on any atom is -0.386 e. The van der Waals surface area contributed by atoms with Gasteiger partial charge in [-0.2, -0.15) is 0 Å². The Balaban J connectivity index is 1.74. The van der Waals surface area contributed by atoms with Crippen LogP contribution in [-0.4, -0.2) is 53.0 Å². The summed E-state index contributed by atoms with van der Waals surface area (Å²) in [6, 6.07) is 12.6. The molecule has 3 N–H and O–H groups in total. The summed E-state index contributed by atoms with van der Waals surface area (Å²) < 4.78 is 22.4. The fourth-order valence-corrected chi connectivity index (χ4v) is 4.52. The highest BCUT2D eigenvalue weighted by Crippen LogP contribution is 2.27. The van der Waals surface area contributed by atoms with E-state index in [0.29, 0.717) is 5.56 Å². The number of hydrogen-bond donors (Lipinski definition) is 3. The van der Waals surface area contributed by atoms with Gasteiger partial charge in [-0.3, -0.25) is 14.8 Å². The summed E-state index contributed by atoms with van der Waals surface area (Å²) in [5.74, 6) is 4.86. The van der Waals surface area contributed by atoms with Gasteiger partial charge in [-0.25, -0.2) is 13.9 Å². The van der Waals surface area contributed by atoms with Gasteiger partial charge >= 0.3 is 0 Å². The summed E-state index contributed by atoms with van der Waals surface area (Å²) in [5, 5.41) is 19.0. The lowest BCUT2D eigenvalue weighted by atomic mass is 9.97. The Hall–Kier alpha value is -3.19. The number of nitrogens with zero attached hydrogens (tertiary/aromatic N) is 1. The molecule has 3 rings (SSSR count). The summed E-state index contributed by atoms with van der Waals surface area (Å²) in [6.07, 6.45) is 0.761. The molecule has 0 radical (unpaired) electrons. The lowest BCUT2D eigenvalue weighted by molar-refractivity contribution is -0.131. The molecule has 2 aromatic rings. The van der Waals surface area contributed by atoms with Gasteiger partial charge in [-0.15, -0.1) is 0 Å². The van der Waals surface area contributed by atoms with Crippen molar-refractivity contribution < 1.29 is 28.3 Å². The largest absolute Gasteiger partial charge is 0.386 e. The van der Waals surface area contributed by atoms with Crippen molar-refractivity contribution in [2.45, 2.75) is 44.1 Å². The Labute approximate surface area is 199 Å². The first kappa shape index (κ1) is 25.4. The van der Waals surface area contributed by atoms with Crippen molar-refractivity contribution in [1.82, 2.24) is 10.4 Å². The zero-order chi connectivity index (χ0) is 25.3. The van der Waals surface area contributed by atoms with Gasteiger partial charge in [0, 0.05) is 36.0 Å². The van der Waals surface area contributed by atoms with Crippen molar-refractivity contribution in [2.75, 3.05) is 12.8 Å². The van der Waals surface area contributed by atoms with E-state index in [1.807, 2.05) is 30.3 Å². The molecular weight excluding hydrogens is 456 g/mol. The number of benzene rings is 2. The number of hydroxylamine groups is 1. The van der Waals surface area contributed by atoms with Crippen molar-refractivity contribution in [3.8, 4) is 11.8 Å². The SMILES string of the molecule is CC(C)(O)c1ccc(C#Cc2ccc3c(c2)CN(CC[C@](C)(C(=O)NO)S(C)(=O)=O)C3=O)cc1. The molecule has 8 nitrogen and oxygen atoms in total. The van der Waals surface area contributed by atoms with E-state index in [-0.39, 0.29) is 25.4 Å². The number of amides is 2. The van der Waals surface area contributed by atoms with Crippen LogP contribution in [0.3, 0.4) is 0 Å². The Morgan fingerprint density at radius 3 is 2.24 bits per heavy atom. The predicted octanol–water partition coefficient (Wildman–Crippen LogP) is 1.97. The van der Waals surface area contributed by atoms with Crippen molar-refractivity contribution in [3.05, 3.63) is 70.3 Å². The van der Waals surface area contributed by atoms with Crippen LogP contribution >= 0.6 is 0 Å². The van der Waals surface area contributed by atoms with E-state index in [9.17, 15) is 23.1 Å². The Bertz CT molecular complexity index is 1280. The second-order valence-corrected chi connectivity index (χ2v) is 11.6. The number of aliphatic hydroxyl groups is 1. The molecule has 34 heavy (non-hydrogen) atoms. The van der Waals surface area contributed by atoms with Crippen LogP contribution in [0.25, 0.3) is 0 Å². The topological polar surface area (TPSA) is 124 Å². The maximum absolute atomic E-state index is 12.8. The lowest BCUT2D eigenvalue weighted by Gasteiger charge is -2.27. The van der Waals surface area contributed by atoms with Crippen LogP contribution in [0.4, 0.5) is 0 Å². The molecule has 1 heterocycles. The smallest absolute Gasteiger partial charge is 0.264 e. The van der Waals surface area contributed by atoms with E-state index >= 15 is 0 Å². The van der Waals surface area contributed by atoms with E-state index in [0.717, 1.165) is 28.5 Å². The van der Waals surface area contributed by atoms with Gasteiger partial charge in [-0.05, 0) is 68.7 Å². The molecule has 1 aliphatic heterocycles. The maximum Gasteiger partial charge on any atom is 0.264 e. The Morgan fingerprint density at radius 1 is 1.09 bits per heavy atom. The van der Waals surface area contributed by atoms with Crippen molar-refractivity contribution in [1.29, 1.82) is 0 Å². The fraction of sp³-hybridized carbons (Fsp3) is 0.360. The number of carbonyl (C=O) groups is 2. The molecule has 2 amide bonds. The standard InChI is InChI=1S/C25H28N2O6S/c1-24(2,30)20-10-7-17(8-11-20)5-6-18-9-12-21-19(15-18)16-27(22(21)28)14-13-25(3,23(29)26-31)34(4,32)33/h7-12,15,30-31H,13-14,16H2,1-4H3,(H,26,29)/t25-/m1/s1. The molecule has 180 valence electrons. The van der Waals surface area contributed by atoms with Crippen LogP contribution in [0, 0.1) is 11.8 Å². The first-order chi connectivity index (χ1) is 15.8. The summed E-state index contributed by atoms with van der Waals surface area (Å²) in [4.78, 5) is 26.3. The molecular formula is C25H28N2O6S. The van der Waals surface area contributed by atoms with Gasteiger partial charge in [0.05, 0.1) is 5.60 Å². The van der Waals surface area contributed by atoms with Gasteiger partial charge < -0.3 is 10.0 Å². The fourth-order valence-electron chi connectivity index (χ4n) is 3.68. The lowest BCUT2D eigenvalue weighted by Crippen LogP contribution is -2.50. The van der Waals surface area contributed by atoms with E-state index in [1.54, 1.807) is 26.0 Å². The van der Waals surface area contributed by atoms with E-state index < -0.39 is 26.1 Å². The van der Waals surface area contributed by atoms with Crippen molar-refractivity contribution in [3.63, 3.8) is 0 Å². The number of nitrogens with one attached hydrogen (secondary N) is 1. The predicted molar refractivity (Wildman–Crippen MR) is 127 cm³/mol. The Morgan fingerprint density at radius 2 is 1.68 bits per heavy atom. The van der Waals surface area contributed by atoms with Gasteiger partial charge in [0.2, 0.25) is 0 Å². The number of sulfone groups is 1. The zero-order valence-electron chi connectivity index (χ0n) is 19.5. The third-order valence-corrected chi connectivity index (χ3v) is 8.21. The first-order valence-electron chi connectivity index (χ1n) is 10.7. The van der Waals surface area contributed by atoms with Crippen LogP contribution < -0.4 is 5.48 Å². The number of hydrogen-bond acceptors (Lipinski definition) is 6. The molecule has 0 fully saturated rings. The average Bonchev–Trinajstić information content (AvgIpc) is 3.09. The van der Waals surface area contributed by atoms with Gasteiger partial charge in [-0.1, -0.05) is 24.0 Å². The van der Waals surface area contributed by atoms with Crippen LogP contribution in [0.5, 0.6) is 0 Å².